The van der Waals surface area contributed by atoms with Gasteiger partial charge in [-0.05, 0) is 36.8 Å². The van der Waals surface area contributed by atoms with Crippen molar-refractivity contribution in [3.8, 4) is 17.2 Å². The van der Waals surface area contributed by atoms with Crippen molar-refractivity contribution in [2.45, 2.75) is 13.5 Å². The van der Waals surface area contributed by atoms with Gasteiger partial charge >= 0.3 is 0 Å². The highest BCUT2D eigenvalue weighted by Gasteiger charge is 2.13. The SMILES string of the molecule is CCNC(=S)NCc1cc(OC)c(OC)c(OC)c1. The summed E-state index contributed by atoms with van der Waals surface area (Å²) in [5.74, 6) is 1.85. The van der Waals surface area contributed by atoms with E-state index < -0.39 is 0 Å². The molecule has 106 valence electrons. The molecule has 0 fully saturated rings. The Morgan fingerprint density at radius 1 is 1.05 bits per heavy atom. The van der Waals surface area contributed by atoms with Crippen LogP contribution in [0.5, 0.6) is 17.2 Å². The molecule has 0 saturated carbocycles. The Morgan fingerprint density at radius 2 is 1.63 bits per heavy atom. The van der Waals surface area contributed by atoms with Gasteiger partial charge in [-0.15, -0.1) is 0 Å². The lowest BCUT2D eigenvalue weighted by atomic mass is 10.2. The highest BCUT2D eigenvalue weighted by molar-refractivity contribution is 7.80. The third-order valence-electron chi connectivity index (χ3n) is 2.51. The molecule has 19 heavy (non-hydrogen) atoms. The predicted molar refractivity (Wildman–Crippen MR) is 79.2 cm³/mol. The number of thiocarbonyl (C=S) groups is 1. The van der Waals surface area contributed by atoms with Crippen LogP contribution < -0.4 is 24.8 Å². The number of nitrogens with one attached hydrogen (secondary N) is 2. The lowest BCUT2D eigenvalue weighted by molar-refractivity contribution is 0.323. The summed E-state index contributed by atoms with van der Waals surface area (Å²) in [4.78, 5) is 0. The molecule has 2 N–H and O–H groups in total. The summed E-state index contributed by atoms with van der Waals surface area (Å²) in [6.07, 6.45) is 0. The van der Waals surface area contributed by atoms with E-state index >= 15 is 0 Å². The van der Waals surface area contributed by atoms with E-state index in [1.54, 1.807) is 21.3 Å². The van der Waals surface area contributed by atoms with Gasteiger partial charge < -0.3 is 24.8 Å². The van der Waals surface area contributed by atoms with E-state index in [0.717, 1.165) is 12.1 Å². The van der Waals surface area contributed by atoms with E-state index in [1.165, 1.54) is 0 Å². The molecule has 0 heterocycles. The van der Waals surface area contributed by atoms with Crippen LogP contribution >= 0.6 is 12.2 Å². The van der Waals surface area contributed by atoms with Crippen LogP contribution in [-0.4, -0.2) is 33.0 Å². The largest absolute Gasteiger partial charge is 0.493 e. The summed E-state index contributed by atoms with van der Waals surface area (Å²) in [5.41, 5.74) is 0.995. The normalized spacial score (nSPS) is 9.68. The van der Waals surface area contributed by atoms with Gasteiger partial charge in [0, 0.05) is 13.1 Å². The molecule has 0 amide bonds. The van der Waals surface area contributed by atoms with Crippen molar-refractivity contribution < 1.29 is 14.2 Å². The maximum atomic E-state index is 5.29. The van der Waals surface area contributed by atoms with Gasteiger partial charge in [0.2, 0.25) is 5.75 Å². The van der Waals surface area contributed by atoms with Crippen molar-refractivity contribution >= 4 is 17.3 Å². The molecular weight excluding hydrogens is 264 g/mol. The lowest BCUT2D eigenvalue weighted by Crippen LogP contribution is -2.34. The Hall–Kier alpha value is -1.69. The first kappa shape index (κ1) is 15.4. The number of rotatable bonds is 6. The van der Waals surface area contributed by atoms with Crippen molar-refractivity contribution in [2.75, 3.05) is 27.9 Å². The second-order valence-electron chi connectivity index (χ2n) is 3.75. The zero-order valence-electron chi connectivity index (χ0n) is 11.7. The summed E-state index contributed by atoms with van der Waals surface area (Å²) in [7, 11) is 4.77. The smallest absolute Gasteiger partial charge is 0.203 e. The maximum absolute atomic E-state index is 5.29. The third kappa shape index (κ3) is 4.17. The molecular formula is C13H20N2O3S. The van der Waals surface area contributed by atoms with Crippen molar-refractivity contribution in [3.05, 3.63) is 17.7 Å². The van der Waals surface area contributed by atoms with E-state index in [4.69, 9.17) is 26.4 Å². The van der Waals surface area contributed by atoms with Crippen molar-refractivity contribution in [3.63, 3.8) is 0 Å². The fourth-order valence-corrected chi connectivity index (χ4v) is 1.86. The number of hydrogen-bond donors (Lipinski definition) is 2. The molecule has 0 aliphatic rings. The Morgan fingerprint density at radius 3 is 2.05 bits per heavy atom. The van der Waals surface area contributed by atoms with Crippen LogP contribution in [0.25, 0.3) is 0 Å². The zero-order valence-corrected chi connectivity index (χ0v) is 12.5. The first-order valence-corrected chi connectivity index (χ1v) is 6.37. The molecule has 0 unspecified atom stereocenters. The first-order valence-electron chi connectivity index (χ1n) is 5.96. The van der Waals surface area contributed by atoms with E-state index in [1.807, 2.05) is 19.1 Å². The van der Waals surface area contributed by atoms with E-state index in [-0.39, 0.29) is 0 Å². The maximum Gasteiger partial charge on any atom is 0.203 e. The van der Waals surface area contributed by atoms with Gasteiger partial charge in [-0.2, -0.15) is 0 Å². The summed E-state index contributed by atoms with van der Waals surface area (Å²) >= 11 is 5.11. The molecule has 5 nitrogen and oxygen atoms in total. The van der Waals surface area contributed by atoms with Gasteiger partial charge in [0.1, 0.15) is 0 Å². The molecule has 1 rings (SSSR count). The highest BCUT2D eigenvalue weighted by atomic mass is 32.1. The van der Waals surface area contributed by atoms with Crippen molar-refractivity contribution in [2.24, 2.45) is 0 Å². The van der Waals surface area contributed by atoms with Crippen molar-refractivity contribution in [1.29, 1.82) is 0 Å². The molecule has 6 heteroatoms. The zero-order chi connectivity index (χ0) is 14.3. The van der Waals surface area contributed by atoms with Crippen LogP contribution in [0.3, 0.4) is 0 Å². The minimum absolute atomic E-state index is 0.586. The van der Waals surface area contributed by atoms with Gasteiger partial charge in [-0.1, -0.05) is 0 Å². The third-order valence-corrected chi connectivity index (χ3v) is 2.80. The Bertz CT molecular complexity index is 413. The monoisotopic (exact) mass is 284 g/mol. The molecule has 0 aromatic heterocycles. The second kappa shape index (κ2) is 7.68. The Balaban J connectivity index is 2.87. The molecule has 0 radical (unpaired) electrons. The molecule has 0 aliphatic carbocycles. The number of ether oxygens (including phenoxy) is 3. The number of hydrogen-bond acceptors (Lipinski definition) is 4. The van der Waals surface area contributed by atoms with Crippen LogP contribution in [0.1, 0.15) is 12.5 Å². The quantitative estimate of drug-likeness (QED) is 0.776. The second-order valence-corrected chi connectivity index (χ2v) is 4.15. The summed E-state index contributed by atoms with van der Waals surface area (Å²) in [5, 5.41) is 6.76. The Labute approximate surface area is 119 Å². The molecule has 1 aromatic carbocycles. The fraction of sp³-hybridized carbons (Fsp3) is 0.462. The first-order chi connectivity index (χ1) is 9.15. The molecule has 1 aromatic rings. The molecule has 0 bridgehead atoms. The average Bonchev–Trinajstić information content (AvgIpc) is 2.44. The van der Waals surface area contributed by atoms with Crippen LogP contribution in [0.4, 0.5) is 0 Å². The molecule has 0 saturated heterocycles. The van der Waals surface area contributed by atoms with Crippen molar-refractivity contribution in [1.82, 2.24) is 10.6 Å². The predicted octanol–water partition coefficient (Wildman–Crippen LogP) is 1.70. The van der Waals surface area contributed by atoms with Gasteiger partial charge in [0.25, 0.3) is 0 Å². The average molecular weight is 284 g/mol. The van der Waals surface area contributed by atoms with Crippen LogP contribution in [0.15, 0.2) is 12.1 Å². The molecule has 0 spiro atoms. The van der Waals surface area contributed by atoms with E-state index in [2.05, 4.69) is 10.6 Å². The standard InChI is InChI=1S/C13H20N2O3S/c1-5-14-13(19)15-8-9-6-10(16-2)12(18-4)11(7-9)17-3/h6-7H,5,8H2,1-4H3,(H2,14,15,19). The number of benzene rings is 1. The van der Waals surface area contributed by atoms with Crippen LogP contribution in [-0.2, 0) is 6.54 Å². The fourth-order valence-electron chi connectivity index (χ4n) is 1.64. The number of methoxy groups -OCH3 is 3. The van der Waals surface area contributed by atoms with Gasteiger partial charge in [-0.3, -0.25) is 0 Å². The van der Waals surface area contributed by atoms with E-state index in [9.17, 15) is 0 Å². The highest BCUT2D eigenvalue weighted by Crippen LogP contribution is 2.38. The summed E-state index contributed by atoms with van der Waals surface area (Å²) in [6, 6.07) is 3.78. The summed E-state index contributed by atoms with van der Waals surface area (Å²) in [6.45, 7) is 3.37. The van der Waals surface area contributed by atoms with E-state index in [0.29, 0.717) is 28.9 Å². The lowest BCUT2D eigenvalue weighted by Gasteiger charge is -2.15. The minimum atomic E-state index is 0.586. The van der Waals surface area contributed by atoms with Crippen LogP contribution in [0.2, 0.25) is 0 Å². The minimum Gasteiger partial charge on any atom is -0.493 e. The Kier molecular flexibility index (Phi) is 6.21. The topological polar surface area (TPSA) is 51.8 Å². The molecule has 0 atom stereocenters. The van der Waals surface area contributed by atoms with Gasteiger partial charge in [0.15, 0.2) is 16.6 Å². The summed E-state index contributed by atoms with van der Waals surface area (Å²) < 4.78 is 15.9. The van der Waals surface area contributed by atoms with Crippen LogP contribution in [0, 0.1) is 0 Å². The molecule has 0 aliphatic heterocycles. The van der Waals surface area contributed by atoms with Gasteiger partial charge in [-0.25, -0.2) is 0 Å². The van der Waals surface area contributed by atoms with Gasteiger partial charge in [0.05, 0.1) is 21.3 Å².